The van der Waals surface area contributed by atoms with E-state index in [-0.39, 0.29) is 17.7 Å². The summed E-state index contributed by atoms with van der Waals surface area (Å²) in [6.07, 6.45) is 0.426. The van der Waals surface area contributed by atoms with Crippen LogP contribution in [0.25, 0.3) is 0 Å². The van der Waals surface area contributed by atoms with Gasteiger partial charge < -0.3 is 16.0 Å². The van der Waals surface area contributed by atoms with Gasteiger partial charge in [-0.25, -0.2) is 0 Å². The lowest BCUT2D eigenvalue weighted by molar-refractivity contribution is -0.123. The van der Waals surface area contributed by atoms with Crippen molar-refractivity contribution in [3.8, 4) is 0 Å². The van der Waals surface area contributed by atoms with Gasteiger partial charge in [-0.1, -0.05) is 27.7 Å². The average Bonchev–Trinajstić information content (AvgIpc) is 2.50. The molecule has 126 valence electrons. The van der Waals surface area contributed by atoms with Crippen molar-refractivity contribution in [3.05, 3.63) is 29.8 Å². The Labute approximate surface area is 137 Å². The summed E-state index contributed by atoms with van der Waals surface area (Å²) in [5.41, 5.74) is 0.677. The van der Waals surface area contributed by atoms with E-state index in [1.807, 2.05) is 20.8 Å². The first-order chi connectivity index (χ1) is 10.7. The quantitative estimate of drug-likeness (QED) is 0.700. The largest absolute Gasteiger partial charge is 0.354 e. The van der Waals surface area contributed by atoms with Crippen LogP contribution in [0.5, 0.6) is 0 Å². The molecule has 0 aromatic heterocycles. The number of rotatable bonds is 6. The summed E-state index contributed by atoms with van der Waals surface area (Å²) in [4.78, 5) is 34.9. The Hall–Kier alpha value is -2.37. The van der Waals surface area contributed by atoms with Crippen LogP contribution < -0.4 is 16.0 Å². The molecule has 1 aromatic rings. The molecule has 0 aliphatic heterocycles. The van der Waals surface area contributed by atoms with E-state index in [2.05, 4.69) is 16.0 Å². The predicted molar refractivity (Wildman–Crippen MR) is 90.2 cm³/mol. The van der Waals surface area contributed by atoms with Crippen molar-refractivity contribution in [1.82, 2.24) is 10.6 Å². The van der Waals surface area contributed by atoms with Gasteiger partial charge in [0, 0.05) is 36.2 Å². The summed E-state index contributed by atoms with van der Waals surface area (Å²) in [5, 5.41) is 8.21. The minimum atomic E-state index is -0.473. The molecule has 0 aliphatic rings. The fourth-order valence-electron chi connectivity index (χ4n) is 1.63. The summed E-state index contributed by atoms with van der Waals surface area (Å²) >= 11 is 0. The van der Waals surface area contributed by atoms with Crippen molar-refractivity contribution in [3.63, 3.8) is 0 Å². The topological polar surface area (TPSA) is 87.3 Å². The molecule has 0 saturated carbocycles. The van der Waals surface area contributed by atoms with Gasteiger partial charge in [0.25, 0.3) is 5.91 Å². The van der Waals surface area contributed by atoms with Crippen LogP contribution in [0.2, 0.25) is 0 Å². The molecule has 0 radical (unpaired) electrons. The Kier molecular flexibility index (Phi) is 6.75. The van der Waals surface area contributed by atoms with Crippen molar-refractivity contribution in [1.29, 1.82) is 0 Å². The van der Waals surface area contributed by atoms with Crippen LogP contribution in [0.15, 0.2) is 24.3 Å². The van der Waals surface area contributed by atoms with Gasteiger partial charge in [0.05, 0.1) is 0 Å². The van der Waals surface area contributed by atoms with E-state index in [4.69, 9.17) is 0 Å². The predicted octanol–water partition coefficient (Wildman–Crippen LogP) is 1.93. The second-order valence-corrected chi connectivity index (χ2v) is 6.24. The zero-order valence-electron chi connectivity index (χ0n) is 14.2. The molecular formula is C17H25N3O3. The fourth-order valence-corrected chi connectivity index (χ4v) is 1.63. The smallest absolute Gasteiger partial charge is 0.251 e. The highest BCUT2D eigenvalue weighted by Gasteiger charge is 2.21. The molecule has 6 heteroatoms. The third-order valence-electron chi connectivity index (χ3n) is 3.14. The number of hydrogen-bond acceptors (Lipinski definition) is 3. The first-order valence-corrected chi connectivity index (χ1v) is 7.70. The number of amides is 3. The minimum Gasteiger partial charge on any atom is -0.354 e. The van der Waals surface area contributed by atoms with E-state index in [0.717, 1.165) is 0 Å². The van der Waals surface area contributed by atoms with Crippen LogP contribution >= 0.6 is 0 Å². The molecule has 0 spiro atoms. The molecule has 0 fully saturated rings. The van der Waals surface area contributed by atoms with Crippen LogP contribution in [-0.2, 0) is 9.59 Å². The summed E-state index contributed by atoms with van der Waals surface area (Å²) in [6.45, 7) is 8.05. The second-order valence-electron chi connectivity index (χ2n) is 6.24. The van der Waals surface area contributed by atoms with Gasteiger partial charge in [-0.15, -0.1) is 0 Å². The van der Waals surface area contributed by atoms with E-state index in [0.29, 0.717) is 30.8 Å². The molecule has 0 bridgehead atoms. The van der Waals surface area contributed by atoms with Crippen molar-refractivity contribution in [2.75, 3.05) is 18.4 Å². The minimum absolute atomic E-state index is 0.0433. The van der Waals surface area contributed by atoms with E-state index in [1.165, 1.54) is 0 Å². The maximum Gasteiger partial charge on any atom is 0.251 e. The van der Waals surface area contributed by atoms with Gasteiger partial charge in [0.2, 0.25) is 11.8 Å². The number of benzene rings is 1. The molecule has 3 N–H and O–H groups in total. The lowest BCUT2D eigenvalue weighted by Crippen LogP contribution is -2.34. The number of nitrogens with one attached hydrogen (secondary N) is 3. The van der Waals surface area contributed by atoms with E-state index >= 15 is 0 Å². The Morgan fingerprint density at radius 1 is 0.957 bits per heavy atom. The number of carbonyl (C=O) groups excluding carboxylic acids is 3. The Balaban J connectivity index is 2.48. The molecule has 0 heterocycles. The van der Waals surface area contributed by atoms with Crippen molar-refractivity contribution in [2.45, 2.75) is 34.1 Å². The molecule has 1 aromatic carbocycles. The molecule has 6 nitrogen and oxygen atoms in total. The van der Waals surface area contributed by atoms with Gasteiger partial charge in [-0.2, -0.15) is 0 Å². The Morgan fingerprint density at radius 3 is 2.04 bits per heavy atom. The van der Waals surface area contributed by atoms with Crippen LogP contribution in [0.4, 0.5) is 5.69 Å². The standard InChI is InChI=1S/C17H25N3O3/c1-5-14(21)18-10-11-19-15(22)12-6-8-13(9-7-12)20-16(23)17(2,3)4/h6-9H,5,10-11H2,1-4H3,(H,18,21)(H,19,22)(H,20,23). The summed E-state index contributed by atoms with van der Waals surface area (Å²) in [7, 11) is 0. The molecule has 3 amide bonds. The number of anilines is 1. The van der Waals surface area contributed by atoms with Crippen LogP contribution in [0.3, 0.4) is 0 Å². The Morgan fingerprint density at radius 2 is 1.52 bits per heavy atom. The van der Waals surface area contributed by atoms with Crippen LogP contribution in [0.1, 0.15) is 44.5 Å². The number of hydrogen-bond donors (Lipinski definition) is 3. The highest BCUT2D eigenvalue weighted by molar-refractivity contribution is 5.97. The third kappa shape index (κ3) is 6.50. The highest BCUT2D eigenvalue weighted by atomic mass is 16.2. The zero-order chi connectivity index (χ0) is 17.5. The SMILES string of the molecule is CCC(=O)NCCNC(=O)c1ccc(NC(=O)C(C)(C)C)cc1. The molecule has 0 unspecified atom stereocenters. The average molecular weight is 319 g/mol. The van der Waals surface area contributed by atoms with Crippen molar-refractivity contribution < 1.29 is 14.4 Å². The fraction of sp³-hybridized carbons (Fsp3) is 0.471. The molecule has 0 aliphatic carbocycles. The lowest BCUT2D eigenvalue weighted by atomic mass is 9.95. The first kappa shape index (κ1) is 18.7. The normalized spacial score (nSPS) is 10.8. The monoisotopic (exact) mass is 319 g/mol. The maximum atomic E-state index is 11.9. The molecular weight excluding hydrogens is 294 g/mol. The van der Waals surface area contributed by atoms with Crippen LogP contribution in [0, 0.1) is 5.41 Å². The highest BCUT2D eigenvalue weighted by Crippen LogP contribution is 2.17. The molecule has 0 saturated heterocycles. The molecule has 0 atom stereocenters. The van der Waals surface area contributed by atoms with E-state index < -0.39 is 5.41 Å². The second kappa shape index (κ2) is 8.31. The van der Waals surface area contributed by atoms with E-state index in [9.17, 15) is 14.4 Å². The molecule has 1 rings (SSSR count). The first-order valence-electron chi connectivity index (χ1n) is 7.70. The lowest BCUT2D eigenvalue weighted by Gasteiger charge is -2.17. The zero-order valence-corrected chi connectivity index (χ0v) is 14.2. The van der Waals surface area contributed by atoms with Gasteiger partial charge in [0.1, 0.15) is 0 Å². The number of carbonyl (C=O) groups is 3. The van der Waals surface area contributed by atoms with Crippen LogP contribution in [-0.4, -0.2) is 30.8 Å². The maximum absolute atomic E-state index is 11.9. The van der Waals surface area contributed by atoms with Gasteiger partial charge in [0.15, 0.2) is 0 Å². The van der Waals surface area contributed by atoms with Gasteiger partial charge in [-0.05, 0) is 24.3 Å². The summed E-state index contributed by atoms with van der Waals surface area (Å²) in [6, 6.07) is 6.69. The summed E-state index contributed by atoms with van der Waals surface area (Å²) in [5.74, 6) is -0.344. The van der Waals surface area contributed by atoms with Crippen molar-refractivity contribution in [2.24, 2.45) is 5.41 Å². The van der Waals surface area contributed by atoms with Gasteiger partial charge >= 0.3 is 0 Å². The van der Waals surface area contributed by atoms with Crippen molar-refractivity contribution >= 4 is 23.4 Å². The Bertz CT molecular complexity index is 559. The molecule has 23 heavy (non-hydrogen) atoms. The van der Waals surface area contributed by atoms with E-state index in [1.54, 1.807) is 31.2 Å². The van der Waals surface area contributed by atoms with Gasteiger partial charge in [-0.3, -0.25) is 14.4 Å². The third-order valence-corrected chi connectivity index (χ3v) is 3.14. The summed E-state index contributed by atoms with van der Waals surface area (Å²) < 4.78 is 0.